The fourth-order valence-electron chi connectivity index (χ4n) is 5.54. The lowest BCUT2D eigenvalue weighted by Gasteiger charge is -2.32. The summed E-state index contributed by atoms with van der Waals surface area (Å²) in [5.74, 6) is 5.08. The van der Waals surface area contributed by atoms with Gasteiger partial charge in [-0.15, -0.1) is 10.2 Å². The van der Waals surface area contributed by atoms with Gasteiger partial charge in [0.1, 0.15) is 0 Å². The number of hydrogen-bond acceptors (Lipinski definition) is 3. The maximum atomic E-state index is 4.34. The predicted octanol–water partition coefficient (Wildman–Crippen LogP) is 2.64. The molecule has 4 heteroatoms. The molecule has 0 amide bonds. The second-order valence-corrected chi connectivity index (χ2v) is 7.19. The van der Waals surface area contributed by atoms with Gasteiger partial charge in [-0.2, -0.15) is 0 Å². The van der Waals surface area contributed by atoms with Gasteiger partial charge in [0, 0.05) is 12.2 Å². The second kappa shape index (κ2) is 4.54. The molecule has 0 saturated heterocycles. The zero-order valence-electron chi connectivity index (χ0n) is 12.3. The van der Waals surface area contributed by atoms with Crippen LogP contribution >= 0.6 is 0 Å². The first-order chi connectivity index (χ1) is 10.4. The molecular weight excluding hydrogens is 260 g/mol. The average Bonchev–Trinajstić information content (AvgIpc) is 3.25. The normalized spacial score (nSPS) is 37.4. The Balaban J connectivity index is 1.31. The first-order valence-corrected chi connectivity index (χ1v) is 8.42. The molecule has 21 heavy (non-hydrogen) atoms. The van der Waals surface area contributed by atoms with Crippen molar-refractivity contribution in [2.24, 2.45) is 23.7 Å². The minimum absolute atomic E-state index is 0.713. The molecule has 3 saturated carbocycles. The molecule has 2 bridgehead atoms. The van der Waals surface area contributed by atoms with Crippen molar-refractivity contribution in [2.75, 3.05) is 0 Å². The van der Waals surface area contributed by atoms with Crippen molar-refractivity contribution in [3.8, 4) is 0 Å². The molecule has 2 heterocycles. The highest BCUT2D eigenvalue weighted by Gasteiger charge is 2.53. The molecule has 5 atom stereocenters. The lowest BCUT2D eigenvalue weighted by atomic mass is 9.79. The predicted molar refractivity (Wildman–Crippen MR) is 80.7 cm³/mol. The zero-order valence-corrected chi connectivity index (χ0v) is 12.3. The van der Waals surface area contributed by atoms with Gasteiger partial charge in [0.15, 0.2) is 11.5 Å². The summed E-state index contributed by atoms with van der Waals surface area (Å²) >= 11 is 0. The van der Waals surface area contributed by atoms with Crippen LogP contribution < -0.4 is 5.32 Å². The van der Waals surface area contributed by atoms with E-state index in [2.05, 4.69) is 26.1 Å². The molecule has 1 N–H and O–H groups in total. The Kier molecular flexibility index (Phi) is 2.63. The van der Waals surface area contributed by atoms with Gasteiger partial charge in [0.05, 0.1) is 6.54 Å². The maximum Gasteiger partial charge on any atom is 0.160 e. The number of pyridine rings is 1. The summed E-state index contributed by atoms with van der Waals surface area (Å²) in [6, 6.07) is 6.78. The van der Waals surface area contributed by atoms with Crippen LogP contribution in [0.5, 0.6) is 0 Å². The average molecular weight is 282 g/mol. The van der Waals surface area contributed by atoms with Crippen molar-refractivity contribution in [3.63, 3.8) is 0 Å². The fourth-order valence-corrected chi connectivity index (χ4v) is 5.54. The van der Waals surface area contributed by atoms with Gasteiger partial charge in [0.2, 0.25) is 0 Å². The van der Waals surface area contributed by atoms with Crippen LogP contribution in [-0.2, 0) is 6.54 Å². The third-order valence-corrected chi connectivity index (χ3v) is 6.34. The summed E-state index contributed by atoms with van der Waals surface area (Å²) in [7, 11) is 0. The number of fused-ring (bicyclic) bond motifs is 6. The van der Waals surface area contributed by atoms with Crippen molar-refractivity contribution in [1.29, 1.82) is 0 Å². The Morgan fingerprint density at radius 3 is 3.05 bits per heavy atom. The SMILES string of the molecule is c1ccn2c(CN[C@@H]3C[C@H]4C[C@H]3[C@H]3CCC[C@H]43)nnc2c1. The van der Waals surface area contributed by atoms with Crippen molar-refractivity contribution in [1.82, 2.24) is 19.9 Å². The number of nitrogens with one attached hydrogen (secondary N) is 1. The number of rotatable bonds is 3. The highest BCUT2D eigenvalue weighted by Crippen LogP contribution is 2.58. The van der Waals surface area contributed by atoms with Crippen LogP contribution in [0.3, 0.4) is 0 Å². The Bertz CT molecular complexity index is 664. The smallest absolute Gasteiger partial charge is 0.160 e. The Labute approximate surface area is 125 Å². The first-order valence-electron chi connectivity index (χ1n) is 8.42. The molecule has 110 valence electrons. The third kappa shape index (κ3) is 1.78. The third-order valence-electron chi connectivity index (χ3n) is 6.34. The highest BCUT2D eigenvalue weighted by molar-refractivity contribution is 5.36. The molecule has 0 aliphatic heterocycles. The van der Waals surface area contributed by atoms with Crippen LogP contribution in [0.15, 0.2) is 24.4 Å². The van der Waals surface area contributed by atoms with Crippen LogP contribution in [0.2, 0.25) is 0 Å². The molecule has 5 rings (SSSR count). The van der Waals surface area contributed by atoms with E-state index in [9.17, 15) is 0 Å². The summed E-state index contributed by atoms with van der Waals surface area (Å²) < 4.78 is 2.10. The van der Waals surface area contributed by atoms with E-state index in [0.29, 0.717) is 6.04 Å². The van der Waals surface area contributed by atoms with E-state index >= 15 is 0 Å². The summed E-state index contributed by atoms with van der Waals surface area (Å²) in [6.45, 7) is 0.844. The molecule has 4 nitrogen and oxygen atoms in total. The number of aromatic nitrogens is 3. The summed E-state index contributed by atoms with van der Waals surface area (Å²) in [6.07, 6.45) is 9.39. The van der Waals surface area contributed by atoms with Crippen LogP contribution in [0.25, 0.3) is 5.65 Å². The van der Waals surface area contributed by atoms with Gasteiger partial charge in [-0.1, -0.05) is 12.5 Å². The van der Waals surface area contributed by atoms with E-state index in [1.807, 2.05) is 18.2 Å². The Hall–Kier alpha value is -1.42. The molecule has 3 aliphatic rings. The van der Waals surface area contributed by atoms with Crippen LogP contribution in [0, 0.1) is 23.7 Å². The van der Waals surface area contributed by atoms with Crippen LogP contribution in [0.1, 0.15) is 37.9 Å². The standard InChI is InChI=1S/C17H22N4/c1-2-7-21-16(6-1)19-20-17(21)10-18-15-9-11-8-14(15)13-5-3-4-12(11)13/h1-2,6-7,11-15,18H,3-5,8-10H2/t11-,12-,13+,14+,15-/m1/s1. The molecule has 0 aromatic carbocycles. The Morgan fingerprint density at radius 1 is 1.10 bits per heavy atom. The van der Waals surface area contributed by atoms with Crippen molar-refractivity contribution in [3.05, 3.63) is 30.2 Å². The molecule has 0 unspecified atom stereocenters. The molecule has 0 spiro atoms. The molecule has 2 aromatic heterocycles. The molecule has 3 aliphatic carbocycles. The van der Waals surface area contributed by atoms with E-state index in [1.54, 1.807) is 0 Å². The van der Waals surface area contributed by atoms with E-state index in [-0.39, 0.29) is 0 Å². The van der Waals surface area contributed by atoms with E-state index in [4.69, 9.17) is 0 Å². The molecular formula is C17H22N4. The molecule has 0 radical (unpaired) electrons. The highest BCUT2D eigenvalue weighted by atomic mass is 15.3. The summed E-state index contributed by atoms with van der Waals surface area (Å²) in [5.41, 5.74) is 0.943. The van der Waals surface area contributed by atoms with E-state index in [1.165, 1.54) is 32.1 Å². The second-order valence-electron chi connectivity index (χ2n) is 7.19. The van der Waals surface area contributed by atoms with Gasteiger partial charge in [-0.3, -0.25) is 4.40 Å². The first kappa shape index (κ1) is 12.2. The molecule has 2 aromatic rings. The van der Waals surface area contributed by atoms with E-state index in [0.717, 1.165) is 41.7 Å². The van der Waals surface area contributed by atoms with Crippen molar-refractivity contribution in [2.45, 2.75) is 44.7 Å². The fraction of sp³-hybridized carbons (Fsp3) is 0.647. The van der Waals surface area contributed by atoms with Crippen molar-refractivity contribution < 1.29 is 0 Å². The van der Waals surface area contributed by atoms with Gasteiger partial charge < -0.3 is 5.32 Å². The van der Waals surface area contributed by atoms with Gasteiger partial charge in [-0.05, 0) is 61.5 Å². The van der Waals surface area contributed by atoms with E-state index < -0.39 is 0 Å². The number of nitrogens with zero attached hydrogens (tertiary/aromatic N) is 3. The monoisotopic (exact) mass is 282 g/mol. The minimum Gasteiger partial charge on any atom is -0.307 e. The van der Waals surface area contributed by atoms with Gasteiger partial charge in [-0.25, -0.2) is 0 Å². The lowest BCUT2D eigenvalue weighted by Crippen LogP contribution is -2.39. The van der Waals surface area contributed by atoms with Gasteiger partial charge in [0.25, 0.3) is 0 Å². The van der Waals surface area contributed by atoms with Gasteiger partial charge >= 0.3 is 0 Å². The quantitative estimate of drug-likeness (QED) is 0.941. The minimum atomic E-state index is 0.713. The largest absolute Gasteiger partial charge is 0.307 e. The number of hydrogen-bond donors (Lipinski definition) is 1. The summed E-state index contributed by atoms with van der Waals surface area (Å²) in [4.78, 5) is 0. The summed E-state index contributed by atoms with van der Waals surface area (Å²) in [5, 5.41) is 12.4. The van der Waals surface area contributed by atoms with Crippen molar-refractivity contribution >= 4 is 5.65 Å². The zero-order chi connectivity index (χ0) is 13.8. The topological polar surface area (TPSA) is 42.2 Å². The van der Waals surface area contributed by atoms with Crippen LogP contribution in [-0.4, -0.2) is 20.6 Å². The van der Waals surface area contributed by atoms with Crippen LogP contribution in [0.4, 0.5) is 0 Å². The maximum absolute atomic E-state index is 4.34. The molecule has 3 fully saturated rings. The Morgan fingerprint density at radius 2 is 2.05 bits per heavy atom. The lowest BCUT2D eigenvalue weighted by molar-refractivity contribution is 0.207.